The minimum Gasteiger partial charge on any atom is -0.502 e. The van der Waals surface area contributed by atoms with Crippen molar-refractivity contribution in [2.45, 2.75) is 6.92 Å². The van der Waals surface area contributed by atoms with Gasteiger partial charge in [0, 0.05) is 18.6 Å². The average molecular weight is 279 g/mol. The van der Waals surface area contributed by atoms with Crippen LogP contribution in [-0.2, 0) is 4.79 Å². The number of hydrogen-bond acceptors (Lipinski definition) is 6. The lowest BCUT2D eigenvalue weighted by Crippen LogP contribution is -1.94. The first kappa shape index (κ1) is 14.7. The number of rotatable bonds is 3. The number of nitro benzene ring substituents is 1. The first-order chi connectivity index (χ1) is 8.95. The van der Waals surface area contributed by atoms with E-state index in [2.05, 4.69) is 11.8 Å². The molecule has 1 aromatic carbocycles. The zero-order valence-corrected chi connectivity index (χ0v) is 10.7. The Kier molecular flexibility index (Phi) is 5.09. The monoisotopic (exact) mass is 279 g/mol. The Hall–Kier alpha value is -2.33. The van der Waals surface area contributed by atoms with E-state index in [4.69, 9.17) is 0 Å². The number of thioether (sulfide) groups is 1. The number of hydrogen-bond donors (Lipinski definition) is 1. The molecule has 0 aliphatic carbocycles. The maximum absolute atomic E-state index is 10.7. The summed E-state index contributed by atoms with van der Waals surface area (Å²) in [7, 11) is 0. The van der Waals surface area contributed by atoms with Crippen LogP contribution in [0.15, 0.2) is 12.1 Å². The van der Waals surface area contributed by atoms with Gasteiger partial charge in [0.25, 0.3) is 0 Å². The molecule has 0 aliphatic heterocycles. The average Bonchev–Trinajstić information content (AvgIpc) is 2.35. The number of phenols is 1. The molecule has 0 saturated carbocycles. The molecule has 0 radical (unpaired) electrons. The highest BCUT2D eigenvalue weighted by atomic mass is 32.2. The topological polar surface area (TPSA) is 97.5 Å². The van der Waals surface area contributed by atoms with Crippen LogP contribution in [0.3, 0.4) is 0 Å². The Morgan fingerprint density at radius 1 is 1.58 bits per heavy atom. The molecule has 98 valence electrons. The molecule has 0 unspecified atom stereocenters. The SMILES string of the molecule is CC(=O)SCC#Cc1cc(C=O)c(O)c([N+](=O)[O-])c1. The van der Waals surface area contributed by atoms with E-state index in [9.17, 15) is 24.8 Å². The van der Waals surface area contributed by atoms with Crippen LogP contribution in [0.4, 0.5) is 5.69 Å². The van der Waals surface area contributed by atoms with Crippen molar-refractivity contribution in [3.8, 4) is 17.6 Å². The lowest BCUT2D eigenvalue weighted by molar-refractivity contribution is -0.385. The Balaban J connectivity index is 3.08. The van der Waals surface area contributed by atoms with E-state index in [1.54, 1.807) is 0 Å². The minimum atomic E-state index is -0.794. The zero-order valence-electron chi connectivity index (χ0n) is 9.87. The molecule has 0 spiro atoms. The van der Waals surface area contributed by atoms with Gasteiger partial charge >= 0.3 is 5.69 Å². The largest absolute Gasteiger partial charge is 0.502 e. The molecule has 0 amide bonds. The number of carbonyl (C=O) groups excluding carboxylic acids is 2. The van der Waals surface area contributed by atoms with Gasteiger partial charge < -0.3 is 5.11 Å². The molecule has 7 heteroatoms. The molecule has 1 aromatic rings. The lowest BCUT2D eigenvalue weighted by Gasteiger charge is -2.00. The predicted octanol–water partition coefficient (Wildman–Crippen LogP) is 1.74. The van der Waals surface area contributed by atoms with Crippen LogP contribution in [0.25, 0.3) is 0 Å². The molecule has 0 fully saturated rings. The number of nitrogens with zero attached hydrogens (tertiary/aromatic N) is 1. The van der Waals surface area contributed by atoms with Crippen molar-refractivity contribution in [1.82, 2.24) is 0 Å². The van der Waals surface area contributed by atoms with Crippen LogP contribution in [0.1, 0.15) is 22.8 Å². The molecule has 0 heterocycles. The lowest BCUT2D eigenvalue weighted by atomic mass is 10.1. The van der Waals surface area contributed by atoms with E-state index in [-0.39, 0.29) is 22.0 Å². The number of aromatic hydroxyl groups is 1. The minimum absolute atomic E-state index is 0.0837. The third kappa shape index (κ3) is 4.12. The van der Waals surface area contributed by atoms with Crippen LogP contribution in [-0.4, -0.2) is 27.2 Å². The maximum Gasteiger partial charge on any atom is 0.312 e. The number of benzene rings is 1. The van der Waals surface area contributed by atoms with Gasteiger partial charge in [-0.05, 0) is 6.07 Å². The van der Waals surface area contributed by atoms with Gasteiger partial charge in [-0.1, -0.05) is 23.6 Å². The highest BCUT2D eigenvalue weighted by Crippen LogP contribution is 2.29. The molecule has 0 saturated heterocycles. The molecule has 19 heavy (non-hydrogen) atoms. The fourth-order valence-electron chi connectivity index (χ4n) is 1.22. The Morgan fingerprint density at radius 3 is 2.79 bits per heavy atom. The molecule has 6 nitrogen and oxygen atoms in total. The molecule has 0 aliphatic rings. The van der Waals surface area contributed by atoms with Gasteiger partial charge in [-0.15, -0.1) is 0 Å². The Labute approximate surface area is 113 Å². The number of aldehydes is 1. The van der Waals surface area contributed by atoms with Crippen LogP contribution < -0.4 is 0 Å². The van der Waals surface area contributed by atoms with Crippen molar-refractivity contribution in [2.24, 2.45) is 0 Å². The van der Waals surface area contributed by atoms with Crippen LogP contribution >= 0.6 is 11.8 Å². The van der Waals surface area contributed by atoms with Crippen LogP contribution in [0, 0.1) is 22.0 Å². The van der Waals surface area contributed by atoms with Gasteiger partial charge in [0.05, 0.1) is 16.2 Å². The molecular formula is C12H9NO5S. The van der Waals surface area contributed by atoms with Gasteiger partial charge in [-0.25, -0.2) is 0 Å². The van der Waals surface area contributed by atoms with E-state index in [1.165, 1.54) is 13.0 Å². The van der Waals surface area contributed by atoms with E-state index in [0.717, 1.165) is 17.8 Å². The Bertz CT molecular complexity index is 600. The van der Waals surface area contributed by atoms with E-state index in [1.807, 2.05) is 0 Å². The van der Waals surface area contributed by atoms with Crippen LogP contribution in [0.2, 0.25) is 0 Å². The summed E-state index contributed by atoms with van der Waals surface area (Å²) < 4.78 is 0. The second kappa shape index (κ2) is 6.56. The molecule has 0 aromatic heterocycles. The summed E-state index contributed by atoms with van der Waals surface area (Å²) >= 11 is 1.01. The first-order valence-corrected chi connectivity index (χ1v) is 6.03. The van der Waals surface area contributed by atoms with Crippen molar-refractivity contribution < 1.29 is 19.6 Å². The fraction of sp³-hybridized carbons (Fsp3) is 0.167. The summed E-state index contributed by atoms with van der Waals surface area (Å²) in [6.45, 7) is 1.40. The number of carbonyl (C=O) groups is 2. The Morgan fingerprint density at radius 2 is 2.26 bits per heavy atom. The van der Waals surface area contributed by atoms with E-state index in [0.29, 0.717) is 6.29 Å². The van der Waals surface area contributed by atoms with Crippen LogP contribution in [0.5, 0.6) is 5.75 Å². The normalized spacial score (nSPS) is 9.32. The van der Waals surface area contributed by atoms with Crippen molar-refractivity contribution in [2.75, 3.05) is 5.75 Å². The van der Waals surface area contributed by atoms with Crippen molar-refractivity contribution in [3.63, 3.8) is 0 Å². The molecule has 0 bridgehead atoms. The number of phenolic OH excluding ortho intramolecular Hbond substituents is 1. The fourth-order valence-corrected chi connectivity index (χ4v) is 1.57. The smallest absolute Gasteiger partial charge is 0.312 e. The van der Waals surface area contributed by atoms with Gasteiger partial charge in [0.1, 0.15) is 0 Å². The summed E-state index contributed by atoms with van der Waals surface area (Å²) in [5.74, 6) is 4.81. The van der Waals surface area contributed by atoms with Crippen molar-refractivity contribution >= 4 is 28.9 Å². The summed E-state index contributed by atoms with van der Waals surface area (Å²) in [4.78, 5) is 31.3. The second-order valence-corrected chi connectivity index (χ2v) is 4.54. The van der Waals surface area contributed by atoms with Gasteiger partial charge in [0.15, 0.2) is 11.4 Å². The molecule has 1 N–H and O–H groups in total. The van der Waals surface area contributed by atoms with E-state index >= 15 is 0 Å². The van der Waals surface area contributed by atoms with Gasteiger partial charge in [0.2, 0.25) is 5.75 Å². The first-order valence-electron chi connectivity index (χ1n) is 5.04. The highest BCUT2D eigenvalue weighted by Gasteiger charge is 2.18. The van der Waals surface area contributed by atoms with Gasteiger partial charge in [-0.3, -0.25) is 19.7 Å². The summed E-state index contributed by atoms with van der Waals surface area (Å²) in [6.07, 6.45) is 0.317. The summed E-state index contributed by atoms with van der Waals surface area (Å²) in [5.41, 5.74) is -0.540. The quantitative estimate of drug-likeness (QED) is 0.392. The summed E-state index contributed by atoms with van der Waals surface area (Å²) in [6, 6.07) is 2.33. The number of nitro groups is 1. The van der Waals surface area contributed by atoms with Crippen molar-refractivity contribution in [3.05, 3.63) is 33.4 Å². The second-order valence-electron chi connectivity index (χ2n) is 3.39. The highest BCUT2D eigenvalue weighted by molar-refractivity contribution is 8.13. The molecule has 0 atom stereocenters. The third-order valence-corrected chi connectivity index (χ3v) is 2.72. The van der Waals surface area contributed by atoms with Gasteiger partial charge in [-0.2, -0.15) is 0 Å². The maximum atomic E-state index is 10.7. The standard InChI is InChI=1S/C12H9NO5S/c1-8(15)19-4-2-3-9-5-10(7-14)12(16)11(6-9)13(17)18/h5-7,16H,4H2,1H3. The zero-order chi connectivity index (χ0) is 14.4. The van der Waals surface area contributed by atoms with E-state index < -0.39 is 16.4 Å². The predicted molar refractivity (Wildman–Crippen MR) is 70.2 cm³/mol. The molecule has 1 rings (SSSR count). The molecular weight excluding hydrogens is 270 g/mol. The third-order valence-electron chi connectivity index (χ3n) is 2.02. The van der Waals surface area contributed by atoms with Crippen molar-refractivity contribution in [1.29, 1.82) is 0 Å². The summed E-state index contributed by atoms with van der Waals surface area (Å²) in [5, 5.41) is 20.1.